The van der Waals surface area contributed by atoms with Crippen molar-refractivity contribution in [1.29, 1.82) is 0 Å². The number of halogens is 2. The van der Waals surface area contributed by atoms with E-state index >= 15 is 0 Å². The molecule has 128 valence electrons. The quantitative estimate of drug-likeness (QED) is 0.552. The van der Waals surface area contributed by atoms with Crippen LogP contribution in [0.1, 0.15) is 10.4 Å². The van der Waals surface area contributed by atoms with Crippen molar-refractivity contribution in [3.05, 3.63) is 89.5 Å². The number of carbonyl (C=O) groups is 1. The Hall–Kier alpha value is -3.18. The standard InChI is InChI=1S/C20H13ClFN3O/c21-15-4-3-5-16(22)19(15)20(26)23-14-9-7-13(8-10-14)17-12-25-11-2-1-6-18(25)24-17/h1-12H,(H,23,26). The highest BCUT2D eigenvalue weighted by molar-refractivity contribution is 6.34. The molecule has 0 aliphatic heterocycles. The fourth-order valence-corrected chi connectivity index (χ4v) is 2.96. The monoisotopic (exact) mass is 365 g/mol. The summed E-state index contributed by atoms with van der Waals surface area (Å²) in [5, 5.41) is 2.73. The average molecular weight is 366 g/mol. The van der Waals surface area contributed by atoms with Gasteiger partial charge in [0.15, 0.2) is 0 Å². The number of amides is 1. The molecule has 2 aromatic heterocycles. The minimum Gasteiger partial charge on any atom is -0.322 e. The highest BCUT2D eigenvalue weighted by Crippen LogP contribution is 2.23. The zero-order valence-electron chi connectivity index (χ0n) is 13.5. The number of hydrogen-bond donors (Lipinski definition) is 1. The molecular formula is C20H13ClFN3O. The highest BCUT2D eigenvalue weighted by atomic mass is 35.5. The molecule has 0 unspecified atom stereocenters. The molecule has 2 aromatic carbocycles. The molecule has 0 radical (unpaired) electrons. The van der Waals surface area contributed by atoms with Crippen molar-refractivity contribution in [1.82, 2.24) is 9.38 Å². The minimum atomic E-state index is -0.656. The molecule has 0 fully saturated rings. The molecule has 4 nitrogen and oxygen atoms in total. The molecule has 6 heteroatoms. The maximum absolute atomic E-state index is 13.8. The molecular weight excluding hydrogens is 353 g/mol. The minimum absolute atomic E-state index is 0.0730. The third-order valence-corrected chi connectivity index (χ3v) is 4.31. The number of imidazole rings is 1. The lowest BCUT2D eigenvalue weighted by Gasteiger charge is -2.08. The number of hydrogen-bond acceptors (Lipinski definition) is 2. The first-order valence-electron chi connectivity index (χ1n) is 7.91. The molecule has 0 bridgehead atoms. The summed E-state index contributed by atoms with van der Waals surface area (Å²) in [7, 11) is 0. The Morgan fingerprint density at radius 1 is 1.04 bits per heavy atom. The van der Waals surface area contributed by atoms with E-state index in [-0.39, 0.29) is 10.6 Å². The van der Waals surface area contributed by atoms with Crippen LogP contribution in [-0.4, -0.2) is 15.3 Å². The second kappa shape index (κ2) is 6.61. The smallest absolute Gasteiger partial charge is 0.260 e. The van der Waals surface area contributed by atoms with E-state index in [9.17, 15) is 9.18 Å². The van der Waals surface area contributed by atoms with Gasteiger partial charge in [-0.05, 0) is 36.4 Å². The van der Waals surface area contributed by atoms with Crippen molar-refractivity contribution in [2.75, 3.05) is 5.32 Å². The lowest BCUT2D eigenvalue weighted by molar-refractivity contribution is 0.102. The summed E-state index contributed by atoms with van der Waals surface area (Å²) < 4.78 is 15.8. The van der Waals surface area contributed by atoms with E-state index in [1.807, 2.05) is 47.1 Å². The highest BCUT2D eigenvalue weighted by Gasteiger charge is 2.16. The molecule has 0 atom stereocenters. The van der Waals surface area contributed by atoms with Crippen LogP contribution in [0.3, 0.4) is 0 Å². The summed E-state index contributed by atoms with van der Waals surface area (Å²) >= 11 is 5.92. The van der Waals surface area contributed by atoms with Gasteiger partial charge in [-0.3, -0.25) is 4.79 Å². The molecule has 4 rings (SSSR count). The zero-order valence-corrected chi connectivity index (χ0v) is 14.2. The van der Waals surface area contributed by atoms with Crippen LogP contribution in [0.25, 0.3) is 16.9 Å². The Bertz CT molecular complexity index is 1050. The normalized spacial score (nSPS) is 10.8. The van der Waals surface area contributed by atoms with Gasteiger partial charge in [-0.15, -0.1) is 0 Å². The summed E-state index contributed by atoms with van der Waals surface area (Å²) in [5.41, 5.74) is 2.97. The third kappa shape index (κ3) is 3.05. The van der Waals surface area contributed by atoms with Crippen LogP contribution in [0.2, 0.25) is 5.02 Å². The molecule has 1 amide bonds. The van der Waals surface area contributed by atoms with Crippen molar-refractivity contribution in [2.45, 2.75) is 0 Å². The van der Waals surface area contributed by atoms with Gasteiger partial charge < -0.3 is 9.72 Å². The van der Waals surface area contributed by atoms with Gasteiger partial charge >= 0.3 is 0 Å². The van der Waals surface area contributed by atoms with Gasteiger partial charge in [0.05, 0.1) is 16.3 Å². The van der Waals surface area contributed by atoms with Crippen molar-refractivity contribution in [3.8, 4) is 11.3 Å². The van der Waals surface area contributed by atoms with Crippen LogP contribution >= 0.6 is 11.6 Å². The van der Waals surface area contributed by atoms with Crippen molar-refractivity contribution in [3.63, 3.8) is 0 Å². The van der Waals surface area contributed by atoms with E-state index in [2.05, 4.69) is 10.3 Å². The van der Waals surface area contributed by atoms with Crippen LogP contribution in [0.15, 0.2) is 73.1 Å². The second-order valence-corrected chi connectivity index (χ2v) is 6.13. The number of fused-ring (bicyclic) bond motifs is 1. The van der Waals surface area contributed by atoms with E-state index in [1.54, 1.807) is 12.1 Å². The number of aromatic nitrogens is 2. The molecule has 1 N–H and O–H groups in total. The Morgan fingerprint density at radius 3 is 2.58 bits per heavy atom. The Kier molecular flexibility index (Phi) is 4.14. The van der Waals surface area contributed by atoms with Crippen LogP contribution in [-0.2, 0) is 0 Å². The average Bonchev–Trinajstić information content (AvgIpc) is 3.06. The van der Waals surface area contributed by atoms with Crippen LogP contribution in [0, 0.1) is 5.82 Å². The van der Waals surface area contributed by atoms with Gasteiger partial charge in [-0.2, -0.15) is 0 Å². The van der Waals surface area contributed by atoms with Gasteiger partial charge in [0, 0.05) is 23.6 Å². The largest absolute Gasteiger partial charge is 0.322 e. The first-order valence-corrected chi connectivity index (χ1v) is 8.29. The van der Waals surface area contributed by atoms with Crippen molar-refractivity contribution >= 4 is 28.8 Å². The number of rotatable bonds is 3. The number of nitrogens with one attached hydrogen (secondary N) is 1. The first kappa shape index (κ1) is 16.3. The molecule has 0 aliphatic carbocycles. The number of pyridine rings is 1. The van der Waals surface area contributed by atoms with E-state index < -0.39 is 11.7 Å². The van der Waals surface area contributed by atoms with E-state index in [1.165, 1.54) is 18.2 Å². The topological polar surface area (TPSA) is 46.4 Å². The summed E-state index contributed by atoms with van der Waals surface area (Å²) in [6, 6.07) is 17.1. The zero-order chi connectivity index (χ0) is 18.1. The third-order valence-electron chi connectivity index (χ3n) is 3.99. The Morgan fingerprint density at radius 2 is 1.85 bits per heavy atom. The Labute approximate surface area is 153 Å². The predicted octanol–water partition coefficient (Wildman–Crippen LogP) is 5.05. The van der Waals surface area contributed by atoms with Crippen LogP contribution in [0.5, 0.6) is 0 Å². The van der Waals surface area contributed by atoms with Gasteiger partial charge in [-0.1, -0.05) is 35.9 Å². The van der Waals surface area contributed by atoms with Crippen molar-refractivity contribution in [2.24, 2.45) is 0 Å². The number of carbonyl (C=O) groups excluding carboxylic acids is 1. The predicted molar refractivity (Wildman–Crippen MR) is 100.0 cm³/mol. The van der Waals surface area contributed by atoms with Gasteiger partial charge in [0.1, 0.15) is 11.5 Å². The number of nitrogens with zero attached hydrogens (tertiary/aromatic N) is 2. The number of anilines is 1. The molecule has 2 heterocycles. The molecule has 0 spiro atoms. The lowest BCUT2D eigenvalue weighted by atomic mass is 10.1. The first-order chi connectivity index (χ1) is 12.6. The molecule has 0 aliphatic rings. The van der Waals surface area contributed by atoms with Crippen molar-refractivity contribution < 1.29 is 9.18 Å². The van der Waals surface area contributed by atoms with Gasteiger partial charge in [-0.25, -0.2) is 9.37 Å². The van der Waals surface area contributed by atoms with Crippen LogP contribution in [0.4, 0.5) is 10.1 Å². The maximum Gasteiger partial charge on any atom is 0.260 e. The van der Waals surface area contributed by atoms with Gasteiger partial charge in [0.25, 0.3) is 5.91 Å². The van der Waals surface area contributed by atoms with Gasteiger partial charge in [0.2, 0.25) is 0 Å². The molecule has 0 saturated carbocycles. The van der Waals surface area contributed by atoms with E-state index in [0.29, 0.717) is 5.69 Å². The summed E-state index contributed by atoms with van der Waals surface area (Å²) in [6.07, 6.45) is 3.86. The molecule has 0 saturated heterocycles. The maximum atomic E-state index is 13.8. The molecule has 26 heavy (non-hydrogen) atoms. The van der Waals surface area contributed by atoms with E-state index in [0.717, 1.165) is 16.9 Å². The SMILES string of the molecule is O=C(Nc1ccc(-c2cn3ccccc3n2)cc1)c1c(F)cccc1Cl. The fourth-order valence-electron chi connectivity index (χ4n) is 2.71. The molecule has 4 aromatic rings. The summed E-state index contributed by atoms with van der Waals surface area (Å²) in [4.78, 5) is 16.8. The second-order valence-electron chi connectivity index (χ2n) is 5.72. The van der Waals surface area contributed by atoms with Crippen LogP contribution < -0.4 is 5.32 Å². The summed E-state index contributed by atoms with van der Waals surface area (Å²) in [6.45, 7) is 0. The summed E-state index contributed by atoms with van der Waals surface area (Å²) in [5.74, 6) is -1.25. The lowest BCUT2D eigenvalue weighted by Crippen LogP contribution is -2.14. The van der Waals surface area contributed by atoms with E-state index in [4.69, 9.17) is 11.6 Å². The Balaban J connectivity index is 1.57. The number of benzene rings is 2. The fraction of sp³-hybridized carbons (Fsp3) is 0.